The molecule has 2 nitrogen and oxygen atoms in total. The number of hydrogen-bond acceptors (Lipinski definition) is 2. The molecule has 2 N–H and O–H groups in total. The molecule has 2 heteroatoms. The monoisotopic (exact) mass is 300 g/mol. The van der Waals surface area contributed by atoms with Gasteiger partial charge in [0.2, 0.25) is 0 Å². The van der Waals surface area contributed by atoms with Gasteiger partial charge in [-0.05, 0) is 39.5 Å². The largest absolute Gasteiger partial charge is 0.320 e. The normalized spacial score (nSPS) is 10.3. The van der Waals surface area contributed by atoms with Crippen molar-refractivity contribution < 1.29 is 0 Å². The molecule has 0 radical (unpaired) electrons. The fourth-order valence-corrected chi connectivity index (χ4v) is 2.29. The summed E-state index contributed by atoms with van der Waals surface area (Å²) in [6.45, 7) is 10.2. The molecule has 0 bridgehead atoms. The molecule has 0 atom stereocenters. The van der Waals surface area contributed by atoms with Gasteiger partial charge in [-0.3, -0.25) is 0 Å². The van der Waals surface area contributed by atoms with E-state index >= 15 is 0 Å². The Morgan fingerprint density at radius 2 is 0.952 bits per heavy atom. The predicted molar refractivity (Wildman–Crippen MR) is 99.2 cm³/mol. The van der Waals surface area contributed by atoms with E-state index in [1.165, 1.54) is 90.1 Å². The van der Waals surface area contributed by atoms with Crippen molar-refractivity contribution in [2.45, 2.75) is 97.8 Å². The van der Waals surface area contributed by atoms with Crippen molar-refractivity contribution in [3.05, 3.63) is 0 Å². The van der Waals surface area contributed by atoms with Crippen molar-refractivity contribution in [3.8, 4) is 0 Å². The molecule has 0 spiro atoms. The van der Waals surface area contributed by atoms with Crippen LogP contribution in [0.15, 0.2) is 0 Å². The third kappa shape index (κ3) is 28.7. The predicted octanol–water partition coefficient (Wildman–Crippen LogP) is 5.52. The van der Waals surface area contributed by atoms with Crippen molar-refractivity contribution in [2.75, 3.05) is 26.7 Å². The highest BCUT2D eigenvalue weighted by atomic mass is 14.8. The Morgan fingerprint density at radius 3 is 1.38 bits per heavy atom. The first-order chi connectivity index (χ1) is 10.3. The topological polar surface area (TPSA) is 24.1 Å². The van der Waals surface area contributed by atoms with E-state index in [4.69, 9.17) is 0 Å². The van der Waals surface area contributed by atoms with Gasteiger partial charge in [0.15, 0.2) is 0 Å². The average molecular weight is 301 g/mol. The van der Waals surface area contributed by atoms with Gasteiger partial charge >= 0.3 is 0 Å². The zero-order chi connectivity index (χ0) is 16.0. The highest BCUT2D eigenvalue weighted by Crippen LogP contribution is 2.04. The third-order valence-electron chi connectivity index (χ3n) is 3.74. The van der Waals surface area contributed by atoms with Gasteiger partial charge in [-0.15, -0.1) is 0 Å². The lowest BCUT2D eigenvalue weighted by atomic mass is 10.1. The SMILES string of the molecule is CCCCCCCCNC.CCCCCCCCNCC. The van der Waals surface area contributed by atoms with E-state index in [1.807, 2.05) is 7.05 Å². The van der Waals surface area contributed by atoms with Crippen LogP contribution in [0.3, 0.4) is 0 Å². The molecule has 0 aromatic heterocycles. The van der Waals surface area contributed by atoms with Crippen LogP contribution in [-0.2, 0) is 0 Å². The summed E-state index contributed by atoms with van der Waals surface area (Å²) in [4.78, 5) is 0. The minimum Gasteiger partial charge on any atom is -0.320 e. The Bertz CT molecular complexity index is 133. The Morgan fingerprint density at radius 1 is 0.524 bits per heavy atom. The Hall–Kier alpha value is -0.0800. The van der Waals surface area contributed by atoms with Gasteiger partial charge in [0.25, 0.3) is 0 Å². The van der Waals surface area contributed by atoms with Gasteiger partial charge in [-0.2, -0.15) is 0 Å². The smallest absolute Gasteiger partial charge is 0.00490 e. The van der Waals surface area contributed by atoms with E-state index in [0.29, 0.717) is 0 Å². The molecule has 0 aromatic rings. The van der Waals surface area contributed by atoms with Crippen molar-refractivity contribution in [3.63, 3.8) is 0 Å². The maximum absolute atomic E-state index is 3.34. The number of nitrogens with one attached hydrogen (secondary N) is 2. The first-order valence-corrected chi connectivity index (χ1v) is 9.68. The molecule has 0 fully saturated rings. The third-order valence-corrected chi connectivity index (χ3v) is 3.74. The van der Waals surface area contributed by atoms with Crippen LogP contribution in [0.4, 0.5) is 0 Å². The molecule has 0 aliphatic heterocycles. The summed E-state index contributed by atoms with van der Waals surface area (Å²) in [6.07, 6.45) is 16.8. The second-order valence-corrected chi connectivity index (χ2v) is 5.99. The van der Waals surface area contributed by atoms with Crippen LogP contribution in [0, 0.1) is 0 Å². The minimum atomic E-state index is 1.12. The quantitative estimate of drug-likeness (QED) is 0.389. The lowest BCUT2D eigenvalue weighted by molar-refractivity contribution is 0.580. The lowest BCUT2D eigenvalue weighted by Crippen LogP contribution is -2.13. The van der Waals surface area contributed by atoms with Gasteiger partial charge in [-0.25, -0.2) is 0 Å². The number of unbranched alkanes of at least 4 members (excludes halogenated alkanes) is 10. The molecule has 0 aromatic carbocycles. The standard InChI is InChI=1S/C10H23N.C9H21N/c1-3-5-6-7-8-9-10-11-4-2;1-3-4-5-6-7-8-9-10-2/h11H,3-10H2,1-2H3;10H,3-9H2,1-2H3. The summed E-state index contributed by atoms with van der Waals surface area (Å²) in [5, 5.41) is 6.50. The summed E-state index contributed by atoms with van der Waals surface area (Å²) in [5.74, 6) is 0. The van der Waals surface area contributed by atoms with Gasteiger partial charge < -0.3 is 10.6 Å². The zero-order valence-corrected chi connectivity index (χ0v) is 15.6. The van der Waals surface area contributed by atoms with Crippen molar-refractivity contribution in [1.29, 1.82) is 0 Å². The highest BCUT2D eigenvalue weighted by molar-refractivity contribution is 4.47. The van der Waals surface area contributed by atoms with Crippen LogP contribution in [0.2, 0.25) is 0 Å². The highest BCUT2D eigenvalue weighted by Gasteiger charge is 1.88. The summed E-state index contributed by atoms with van der Waals surface area (Å²) in [5.41, 5.74) is 0. The first kappa shape index (κ1) is 23.2. The number of rotatable bonds is 15. The van der Waals surface area contributed by atoms with Crippen LogP contribution < -0.4 is 10.6 Å². The molecule has 0 rings (SSSR count). The Balaban J connectivity index is 0. The van der Waals surface area contributed by atoms with Crippen molar-refractivity contribution >= 4 is 0 Å². The average Bonchev–Trinajstić information content (AvgIpc) is 2.51. The molecule has 0 aliphatic carbocycles. The lowest BCUT2D eigenvalue weighted by Gasteiger charge is -2.00. The molecule has 21 heavy (non-hydrogen) atoms. The van der Waals surface area contributed by atoms with Gasteiger partial charge in [0.05, 0.1) is 0 Å². The van der Waals surface area contributed by atoms with E-state index in [2.05, 4.69) is 31.4 Å². The van der Waals surface area contributed by atoms with Gasteiger partial charge in [-0.1, -0.05) is 85.0 Å². The molecule has 0 saturated heterocycles. The fourth-order valence-electron chi connectivity index (χ4n) is 2.29. The Kier molecular flexibility index (Phi) is 27.5. The molecular formula is C19H44N2. The molecule has 0 aliphatic rings. The van der Waals surface area contributed by atoms with Crippen LogP contribution >= 0.6 is 0 Å². The summed E-state index contributed by atoms with van der Waals surface area (Å²) < 4.78 is 0. The fraction of sp³-hybridized carbons (Fsp3) is 1.00. The van der Waals surface area contributed by atoms with E-state index in [9.17, 15) is 0 Å². The summed E-state index contributed by atoms with van der Waals surface area (Å²) in [7, 11) is 2.02. The van der Waals surface area contributed by atoms with E-state index in [0.717, 1.165) is 6.54 Å². The molecule has 0 unspecified atom stereocenters. The molecular weight excluding hydrogens is 256 g/mol. The molecule has 0 heterocycles. The van der Waals surface area contributed by atoms with Crippen LogP contribution in [-0.4, -0.2) is 26.7 Å². The molecule has 0 amide bonds. The van der Waals surface area contributed by atoms with Crippen LogP contribution in [0.5, 0.6) is 0 Å². The van der Waals surface area contributed by atoms with Gasteiger partial charge in [0, 0.05) is 0 Å². The molecule has 130 valence electrons. The summed E-state index contributed by atoms with van der Waals surface area (Å²) >= 11 is 0. The minimum absolute atomic E-state index is 1.12. The van der Waals surface area contributed by atoms with Crippen molar-refractivity contribution in [2.24, 2.45) is 0 Å². The van der Waals surface area contributed by atoms with Crippen molar-refractivity contribution in [1.82, 2.24) is 10.6 Å². The van der Waals surface area contributed by atoms with E-state index < -0.39 is 0 Å². The second kappa shape index (κ2) is 24.9. The van der Waals surface area contributed by atoms with Gasteiger partial charge in [0.1, 0.15) is 0 Å². The number of hydrogen-bond donors (Lipinski definition) is 2. The Labute approximate surface area is 135 Å². The maximum atomic E-state index is 3.34. The second-order valence-electron chi connectivity index (χ2n) is 5.99. The first-order valence-electron chi connectivity index (χ1n) is 9.68. The molecule has 0 saturated carbocycles. The van der Waals surface area contributed by atoms with Crippen LogP contribution in [0.1, 0.15) is 97.8 Å². The van der Waals surface area contributed by atoms with E-state index in [-0.39, 0.29) is 0 Å². The van der Waals surface area contributed by atoms with Crippen LogP contribution in [0.25, 0.3) is 0 Å². The zero-order valence-electron chi connectivity index (χ0n) is 15.6. The maximum Gasteiger partial charge on any atom is -0.00490 e. The summed E-state index contributed by atoms with van der Waals surface area (Å²) in [6, 6.07) is 0. The van der Waals surface area contributed by atoms with E-state index in [1.54, 1.807) is 0 Å².